The van der Waals surface area contributed by atoms with Gasteiger partial charge in [-0.15, -0.1) is 0 Å². The molecule has 0 aliphatic rings. The monoisotopic (exact) mass is 174 g/mol. The van der Waals surface area contributed by atoms with Crippen molar-refractivity contribution in [2.24, 2.45) is 7.05 Å². The van der Waals surface area contributed by atoms with Gasteiger partial charge in [0.15, 0.2) is 0 Å². The third kappa shape index (κ3) is 1.05. The van der Waals surface area contributed by atoms with Crippen LogP contribution in [0.3, 0.4) is 0 Å². The summed E-state index contributed by atoms with van der Waals surface area (Å²) < 4.78 is 2.06. The topological polar surface area (TPSA) is 17.8 Å². The van der Waals surface area contributed by atoms with Gasteiger partial charge in [-0.25, -0.2) is 4.98 Å². The van der Waals surface area contributed by atoms with E-state index in [1.807, 2.05) is 7.05 Å². The van der Waals surface area contributed by atoms with Gasteiger partial charge in [-0.1, -0.05) is 0 Å². The van der Waals surface area contributed by atoms with Crippen molar-refractivity contribution in [2.45, 2.75) is 20.8 Å². The van der Waals surface area contributed by atoms with Gasteiger partial charge in [0, 0.05) is 24.3 Å². The summed E-state index contributed by atoms with van der Waals surface area (Å²) >= 11 is 0. The van der Waals surface area contributed by atoms with Gasteiger partial charge < -0.3 is 4.57 Å². The van der Waals surface area contributed by atoms with E-state index in [9.17, 15) is 0 Å². The maximum absolute atomic E-state index is 4.56. The molecule has 0 aliphatic carbocycles. The molecule has 0 amide bonds. The second kappa shape index (κ2) is 2.59. The summed E-state index contributed by atoms with van der Waals surface area (Å²) in [7, 11) is 2.03. The van der Waals surface area contributed by atoms with Gasteiger partial charge in [-0.05, 0) is 38.0 Å². The molecule has 2 aromatic rings. The lowest BCUT2D eigenvalue weighted by Gasteiger charge is -2.05. The van der Waals surface area contributed by atoms with Crippen LogP contribution >= 0.6 is 0 Å². The second-order valence-corrected chi connectivity index (χ2v) is 3.61. The maximum atomic E-state index is 4.56. The highest BCUT2D eigenvalue weighted by Crippen LogP contribution is 2.21. The Morgan fingerprint density at radius 2 is 1.85 bits per heavy atom. The van der Waals surface area contributed by atoms with Crippen molar-refractivity contribution in [1.82, 2.24) is 9.55 Å². The molecule has 0 unspecified atom stereocenters. The average Bonchev–Trinajstić information content (AvgIpc) is 2.45. The van der Waals surface area contributed by atoms with Crippen molar-refractivity contribution in [1.29, 1.82) is 0 Å². The van der Waals surface area contributed by atoms with Crippen LogP contribution in [-0.4, -0.2) is 9.55 Å². The van der Waals surface area contributed by atoms with Gasteiger partial charge in [0.1, 0.15) is 5.65 Å². The molecule has 0 saturated carbocycles. The highest BCUT2D eigenvalue weighted by molar-refractivity contribution is 5.81. The van der Waals surface area contributed by atoms with E-state index < -0.39 is 0 Å². The van der Waals surface area contributed by atoms with Crippen LogP contribution in [0.15, 0.2) is 12.3 Å². The second-order valence-electron chi connectivity index (χ2n) is 3.61. The Balaban J connectivity index is 2.96. The zero-order chi connectivity index (χ0) is 9.59. The Morgan fingerprint density at radius 1 is 1.15 bits per heavy atom. The quantitative estimate of drug-likeness (QED) is 0.600. The summed E-state index contributed by atoms with van der Waals surface area (Å²) in [6.07, 6.45) is 2.06. The van der Waals surface area contributed by atoms with E-state index in [1.165, 1.54) is 16.5 Å². The molecule has 0 N–H and O–H groups in total. The molecule has 0 fully saturated rings. The lowest BCUT2D eigenvalue weighted by atomic mass is 10.1. The molecule has 2 heteroatoms. The van der Waals surface area contributed by atoms with Crippen LogP contribution in [0.25, 0.3) is 11.0 Å². The average molecular weight is 174 g/mol. The number of fused-ring (bicyclic) bond motifs is 1. The summed E-state index contributed by atoms with van der Waals surface area (Å²) in [6.45, 7) is 6.35. The number of hydrogen-bond donors (Lipinski definition) is 0. The summed E-state index contributed by atoms with van der Waals surface area (Å²) in [5.74, 6) is 0. The fraction of sp³-hybridized carbons (Fsp3) is 0.364. The third-order valence-electron chi connectivity index (χ3n) is 2.82. The van der Waals surface area contributed by atoms with Crippen molar-refractivity contribution < 1.29 is 0 Å². The van der Waals surface area contributed by atoms with E-state index >= 15 is 0 Å². The van der Waals surface area contributed by atoms with Gasteiger partial charge in [-0.2, -0.15) is 0 Å². The van der Waals surface area contributed by atoms with E-state index in [2.05, 4.69) is 42.6 Å². The first-order valence-electron chi connectivity index (χ1n) is 4.50. The first-order valence-corrected chi connectivity index (χ1v) is 4.50. The van der Waals surface area contributed by atoms with Gasteiger partial charge in [0.05, 0.1) is 0 Å². The fourth-order valence-corrected chi connectivity index (χ4v) is 1.67. The normalized spacial score (nSPS) is 11.1. The van der Waals surface area contributed by atoms with Crippen molar-refractivity contribution >= 4 is 11.0 Å². The predicted octanol–water partition coefficient (Wildman–Crippen LogP) is 2.50. The molecule has 0 saturated heterocycles. The van der Waals surface area contributed by atoms with Crippen molar-refractivity contribution in [3.05, 3.63) is 29.1 Å². The Hall–Kier alpha value is -1.31. The van der Waals surface area contributed by atoms with E-state index in [1.54, 1.807) is 0 Å². The zero-order valence-corrected chi connectivity index (χ0v) is 8.55. The van der Waals surface area contributed by atoms with Crippen LogP contribution in [0.2, 0.25) is 0 Å². The van der Waals surface area contributed by atoms with Gasteiger partial charge in [0.25, 0.3) is 0 Å². The Kier molecular flexibility index (Phi) is 1.65. The van der Waals surface area contributed by atoms with Crippen LogP contribution < -0.4 is 0 Å². The first kappa shape index (κ1) is 8.30. The van der Waals surface area contributed by atoms with Crippen LogP contribution in [-0.2, 0) is 7.05 Å². The van der Waals surface area contributed by atoms with Gasteiger partial charge >= 0.3 is 0 Å². The molecule has 0 spiro atoms. The number of hydrogen-bond acceptors (Lipinski definition) is 1. The number of pyridine rings is 1. The maximum Gasteiger partial charge on any atom is 0.140 e. The summed E-state index contributed by atoms with van der Waals surface area (Å²) in [5.41, 5.74) is 4.87. The lowest BCUT2D eigenvalue weighted by Crippen LogP contribution is -1.95. The Bertz CT molecular complexity index is 466. The van der Waals surface area contributed by atoms with Crippen molar-refractivity contribution in [3.63, 3.8) is 0 Å². The van der Waals surface area contributed by atoms with Crippen molar-refractivity contribution in [3.8, 4) is 0 Å². The molecule has 2 aromatic heterocycles. The fourth-order valence-electron chi connectivity index (χ4n) is 1.67. The van der Waals surface area contributed by atoms with E-state index in [0.717, 1.165) is 11.3 Å². The SMILES string of the molecule is Cc1nc2c(ccn2C)c(C)c1C. The minimum Gasteiger partial charge on any atom is -0.336 e. The molecule has 0 aromatic carbocycles. The molecule has 0 radical (unpaired) electrons. The van der Waals surface area contributed by atoms with Crippen LogP contribution in [0, 0.1) is 20.8 Å². The summed E-state index contributed by atoms with van der Waals surface area (Å²) in [4.78, 5) is 4.56. The number of rotatable bonds is 0. The largest absolute Gasteiger partial charge is 0.336 e. The molecule has 13 heavy (non-hydrogen) atoms. The molecular weight excluding hydrogens is 160 g/mol. The van der Waals surface area contributed by atoms with Gasteiger partial charge in [-0.3, -0.25) is 0 Å². The molecule has 0 aliphatic heterocycles. The number of aryl methyl sites for hydroxylation is 3. The smallest absolute Gasteiger partial charge is 0.140 e. The minimum atomic E-state index is 1.08. The summed E-state index contributed by atoms with van der Waals surface area (Å²) in [6, 6.07) is 2.13. The van der Waals surface area contributed by atoms with Crippen LogP contribution in [0.1, 0.15) is 16.8 Å². The zero-order valence-electron chi connectivity index (χ0n) is 8.55. The predicted molar refractivity (Wildman–Crippen MR) is 54.9 cm³/mol. The lowest BCUT2D eigenvalue weighted by molar-refractivity contribution is 0.940. The molecule has 2 heterocycles. The summed E-state index contributed by atoms with van der Waals surface area (Å²) in [5, 5.41) is 1.27. The van der Waals surface area contributed by atoms with E-state index in [4.69, 9.17) is 0 Å². The van der Waals surface area contributed by atoms with Crippen LogP contribution in [0.4, 0.5) is 0 Å². The molecule has 0 bridgehead atoms. The first-order chi connectivity index (χ1) is 6.11. The van der Waals surface area contributed by atoms with Crippen LogP contribution in [0.5, 0.6) is 0 Å². The Labute approximate surface area is 78.2 Å². The third-order valence-corrected chi connectivity index (χ3v) is 2.82. The number of aromatic nitrogens is 2. The molecule has 2 nitrogen and oxygen atoms in total. The number of nitrogens with zero attached hydrogens (tertiary/aromatic N) is 2. The highest BCUT2D eigenvalue weighted by atomic mass is 15.0. The van der Waals surface area contributed by atoms with Crippen molar-refractivity contribution in [2.75, 3.05) is 0 Å². The molecule has 2 rings (SSSR count). The van der Waals surface area contributed by atoms with Gasteiger partial charge in [0.2, 0.25) is 0 Å². The molecule has 68 valence electrons. The standard InChI is InChI=1S/C11H14N2/c1-7-8(2)10-5-6-13(4)11(10)12-9(7)3/h5-6H,1-4H3. The Morgan fingerprint density at radius 3 is 2.54 bits per heavy atom. The van der Waals surface area contributed by atoms with E-state index in [0.29, 0.717) is 0 Å². The van der Waals surface area contributed by atoms with E-state index in [-0.39, 0.29) is 0 Å². The minimum absolute atomic E-state index is 1.08. The highest BCUT2D eigenvalue weighted by Gasteiger charge is 2.07. The molecule has 0 atom stereocenters. The molecular formula is C11H14N2.